The Bertz CT molecular complexity index is 2410. The van der Waals surface area contributed by atoms with E-state index in [0.29, 0.717) is 40.0 Å². The third-order valence-corrected chi connectivity index (χ3v) is 9.30. The zero-order valence-corrected chi connectivity index (χ0v) is 25.7. The Morgan fingerprint density at radius 3 is 2.15 bits per heavy atom. The van der Waals surface area contributed by atoms with Crippen molar-refractivity contribution in [3.63, 3.8) is 0 Å². The summed E-state index contributed by atoms with van der Waals surface area (Å²) in [4.78, 5) is 19.3. The number of fused-ring (bicyclic) bond motifs is 2. The van der Waals surface area contributed by atoms with E-state index >= 15 is 0 Å². The highest BCUT2D eigenvalue weighted by atomic mass is 16.1. The van der Waals surface area contributed by atoms with Crippen molar-refractivity contribution in [3.8, 4) is 23.3 Å². The van der Waals surface area contributed by atoms with Gasteiger partial charge < -0.3 is 0 Å². The van der Waals surface area contributed by atoms with Gasteiger partial charge in [-0.05, 0) is 66.3 Å². The van der Waals surface area contributed by atoms with Crippen molar-refractivity contribution in [2.75, 3.05) is 0 Å². The first-order valence-corrected chi connectivity index (χ1v) is 15.4. The third kappa shape index (κ3) is 4.62. The van der Waals surface area contributed by atoms with Gasteiger partial charge in [0.15, 0.2) is 0 Å². The fraction of sp³-hybridized carbons (Fsp3) is 0.122. The van der Waals surface area contributed by atoms with Gasteiger partial charge in [-0.1, -0.05) is 104 Å². The molecule has 0 bridgehead atoms. The van der Waals surface area contributed by atoms with Crippen LogP contribution in [-0.2, 0) is 11.8 Å². The van der Waals surface area contributed by atoms with Crippen molar-refractivity contribution in [1.82, 2.24) is 9.38 Å². The Kier molecular flexibility index (Phi) is 7.16. The summed E-state index contributed by atoms with van der Waals surface area (Å²) in [6.45, 7) is 3.99. The van der Waals surface area contributed by atoms with Crippen LogP contribution in [0.4, 0.5) is 0 Å². The maximum absolute atomic E-state index is 14.4. The van der Waals surface area contributed by atoms with Crippen molar-refractivity contribution < 1.29 is 0 Å². The molecule has 0 spiro atoms. The molecule has 0 saturated heterocycles. The van der Waals surface area contributed by atoms with Crippen LogP contribution in [0.1, 0.15) is 41.4 Å². The number of allylic oxidation sites excluding steroid dienone is 1. The Labute approximate surface area is 267 Å². The summed E-state index contributed by atoms with van der Waals surface area (Å²) in [6, 6.07) is 42.6. The molecular formula is C41H30N4O. The summed E-state index contributed by atoms with van der Waals surface area (Å²) < 4.78 is 1.64. The molecule has 5 heteroatoms. The Hall–Kier alpha value is -6.04. The van der Waals surface area contributed by atoms with E-state index in [1.165, 1.54) is 5.56 Å². The molecule has 5 nitrogen and oxygen atoms in total. The molecule has 0 aliphatic heterocycles. The highest BCUT2D eigenvalue weighted by Gasteiger charge is 2.32. The lowest BCUT2D eigenvalue weighted by molar-refractivity contribution is 0.523. The zero-order chi connectivity index (χ0) is 31.8. The van der Waals surface area contributed by atoms with Crippen LogP contribution >= 0.6 is 0 Å². The van der Waals surface area contributed by atoms with Crippen LogP contribution in [0, 0.1) is 29.6 Å². The van der Waals surface area contributed by atoms with Crippen LogP contribution < -0.4 is 5.56 Å². The Morgan fingerprint density at radius 2 is 1.48 bits per heavy atom. The van der Waals surface area contributed by atoms with Gasteiger partial charge in [0, 0.05) is 32.5 Å². The number of imidazole rings is 1. The van der Waals surface area contributed by atoms with Crippen molar-refractivity contribution in [1.29, 1.82) is 10.5 Å². The van der Waals surface area contributed by atoms with Crippen LogP contribution in [0.5, 0.6) is 0 Å². The molecule has 1 atom stereocenters. The van der Waals surface area contributed by atoms with Crippen molar-refractivity contribution in [2.45, 2.75) is 32.1 Å². The molecule has 0 fully saturated rings. The molecule has 0 amide bonds. The standard InChI is InChI=1S/C41H30N4O/c1-27-36(24-32(26-43)41(2,31-16-10-5-11-17-31)23-22-28-12-6-3-7-13-28)45-39(44-27)34-19-18-30(25-42)37-33(29-14-8-4-9-15-29)20-21-35(38(34)37)40(45)46/h3-21,24H,22-23H2,1-2H3/b32-24-. The van der Waals surface area contributed by atoms with Gasteiger partial charge in [-0.25, -0.2) is 4.98 Å². The summed E-state index contributed by atoms with van der Waals surface area (Å²) in [7, 11) is 0. The first kappa shape index (κ1) is 28.7. The lowest BCUT2D eigenvalue weighted by Gasteiger charge is -2.30. The highest BCUT2D eigenvalue weighted by Crippen LogP contribution is 2.40. The van der Waals surface area contributed by atoms with E-state index in [9.17, 15) is 15.3 Å². The van der Waals surface area contributed by atoms with Crippen molar-refractivity contribution in [3.05, 3.63) is 159 Å². The summed E-state index contributed by atoms with van der Waals surface area (Å²) in [5.74, 6) is 0. The van der Waals surface area contributed by atoms with E-state index in [1.807, 2.05) is 104 Å². The van der Waals surface area contributed by atoms with Gasteiger partial charge in [0.2, 0.25) is 0 Å². The molecule has 2 heterocycles. The van der Waals surface area contributed by atoms with E-state index in [1.54, 1.807) is 4.40 Å². The average Bonchev–Trinajstić information content (AvgIpc) is 3.44. The minimum atomic E-state index is -0.620. The molecule has 2 aromatic heterocycles. The van der Waals surface area contributed by atoms with Gasteiger partial charge >= 0.3 is 0 Å². The van der Waals surface area contributed by atoms with Gasteiger partial charge in [0.1, 0.15) is 5.65 Å². The number of rotatable bonds is 7. The van der Waals surface area contributed by atoms with Gasteiger partial charge in [-0.2, -0.15) is 10.5 Å². The zero-order valence-electron chi connectivity index (χ0n) is 25.7. The topological polar surface area (TPSA) is 81.9 Å². The normalized spacial score (nSPS) is 13.1. The second kappa shape index (κ2) is 11.5. The summed E-state index contributed by atoms with van der Waals surface area (Å²) in [5.41, 5.74) is 6.09. The second-order valence-corrected chi connectivity index (χ2v) is 11.9. The van der Waals surface area contributed by atoms with E-state index < -0.39 is 5.41 Å². The Morgan fingerprint density at radius 1 is 0.826 bits per heavy atom. The summed E-state index contributed by atoms with van der Waals surface area (Å²) in [5, 5.41) is 23.6. The largest absolute Gasteiger partial charge is 0.268 e. The summed E-state index contributed by atoms with van der Waals surface area (Å²) in [6.07, 6.45) is 3.34. The van der Waals surface area contributed by atoms with E-state index in [4.69, 9.17) is 4.98 Å². The average molecular weight is 595 g/mol. The number of aryl methyl sites for hydroxylation is 2. The predicted octanol–water partition coefficient (Wildman–Crippen LogP) is 8.78. The van der Waals surface area contributed by atoms with Crippen LogP contribution in [0.3, 0.4) is 0 Å². The fourth-order valence-electron chi connectivity index (χ4n) is 6.76. The van der Waals surface area contributed by atoms with Crippen LogP contribution in [0.2, 0.25) is 0 Å². The molecule has 7 aromatic rings. The molecule has 0 aliphatic carbocycles. The minimum absolute atomic E-state index is 0.225. The number of benzene rings is 5. The van der Waals surface area contributed by atoms with Gasteiger partial charge in [0.25, 0.3) is 5.56 Å². The van der Waals surface area contributed by atoms with Crippen LogP contribution in [0.15, 0.2) is 126 Å². The van der Waals surface area contributed by atoms with Gasteiger partial charge in [-0.3, -0.25) is 9.20 Å². The molecule has 5 aromatic carbocycles. The van der Waals surface area contributed by atoms with Crippen molar-refractivity contribution >= 4 is 33.3 Å². The highest BCUT2D eigenvalue weighted by molar-refractivity contribution is 6.20. The quantitative estimate of drug-likeness (QED) is 0.173. The molecule has 46 heavy (non-hydrogen) atoms. The number of hydrogen-bond donors (Lipinski definition) is 0. The molecular weight excluding hydrogens is 564 g/mol. The molecule has 0 radical (unpaired) electrons. The van der Waals surface area contributed by atoms with E-state index in [0.717, 1.165) is 39.3 Å². The smallest absolute Gasteiger partial charge is 0.264 e. The summed E-state index contributed by atoms with van der Waals surface area (Å²) >= 11 is 0. The first-order valence-electron chi connectivity index (χ1n) is 15.4. The fourth-order valence-corrected chi connectivity index (χ4v) is 6.76. The van der Waals surface area contributed by atoms with Gasteiger partial charge in [0.05, 0.1) is 29.1 Å². The predicted molar refractivity (Wildman–Crippen MR) is 185 cm³/mol. The number of aromatic nitrogens is 2. The van der Waals surface area contributed by atoms with E-state index in [2.05, 4.69) is 43.3 Å². The third-order valence-electron chi connectivity index (χ3n) is 9.30. The number of nitriles is 2. The molecule has 7 rings (SSSR count). The molecule has 0 aliphatic rings. The number of nitrogens with zero attached hydrogens (tertiary/aromatic N) is 4. The first-order chi connectivity index (χ1) is 22.4. The molecule has 0 N–H and O–H groups in total. The molecule has 0 saturated carbocycles. The van der Waals surface area contributed by atoms with Crippen molar-refractivity contribution in [2.24, 2.45) is 0 Å². The second-order valence-electron chi connectivity index (χ2n) is 11.9. The Balaban J connectivity index is 1.47. The number of hydrogen-bond acceptors (Lipinski definition) is 4. The molecule has 220 valence electrons. The van der Waals surface area contributed by atoms with Crippen LogP contribution in [-0.4, -0.2) is 9.38 Å². The van der Waals surface area contributed by atoms with Crippen LogP contribution in [0.25, 0.3) is 44.4 Å². The maximum Gasteiger partial charge on any atom is 0.264 e. The minimum Gasteiger partial charge on any atom is -0.268 e. The maximum atomic E-state index is 14.4. The van der Waals surface area contributed by atoms with E-state index in [-0.39, 0.29) is 5.56 Å². The lowest BCUT2D eigenvalue weighted by Crippen LogP contribution is -2.25. The molecule has 1 unspecified atom stereocenters. The van der Waals surface area contributed by atoms with Gasteiger partial charge in [-0.15, -0.1) is 0 Å². The monoisotopic (exact) mass is 594 g/mol. The lowest BCUT2D eigenvalue weighted by atomic mass is 9.72. The SMILES string of the molecule is Cc1nc2c3ccc(C#N)c4c(-c5ccccc5)ccc(c(=O)n2c1/C=C(/C#N)C(C)(CCc1ccccc1)c1ccccc1)c43. The number of pyridine rings is 1.